The molecule has 0 bridgehead atoms. The summed E-state index contributed by atoms with van der Waals surface area (Å²) in [6.45, 7) is 6.96. The van der Waals surface area contributed by atoms with Crippen molar-refractivity contribution in [3.8, 4) is 22.8 Å². The molecule has 0 unspecified atom stereocenters. The highest BCUT2D eigenvalue weighted by Gasteiger charge is 2.24. The van der Waals surface area contributed by atoms with Crippen LogP contribution in [0.5, 0.6) is 11.5 Å². The number of aromatic nitrogens is 1. The lowest BCUT2D eigenvalue weighted by molar-refractivity contribution is 0.160. The number of H-pyrrole nitrogens is 1. The van der Waals surface area contributed by atoms with Crippen molar-refractivity contribution in [1.82, 2.24) is 14.8 Å². The zero-order chi connectivity index (χ0) is 26.5. The van der Waals surface area contributed by atoms with Crippen molar-refractivity contribution in [2.24, 2.45) is 5.92 Å². The van der Waals surface area contributed by atoms with Crippen LogP contribution in [0.4, 0.5) is 0 Å². The summed E-state index contributed by atoms with van der Waals surface area (Å²) in [5.41, 5.74) is 6.37. The lowest BCUT2D eigenvalue weighted by atomic mass is 9.81. The van der Waals surface area contributed by atoms with Gasteiger partial charge >= 0.3 is 0 Å². The second-order valence-electron chi connectivity index (χ2n) is 11.5. The fraction of sp³-hybridized carbons (Fsp3) is 0.562. The molecule has 0 aliphatic heterocycles. The molecule has 37 heavy (non-hydrogen) atoms. The van der Waals surface area contributed by atoms with E-state index in [1.54, 1.807) is 14.2 Å². The molecule has 1 aliphatic carbocycles. The average molecular weight is 506 g/mol. The number of ether oxygens (including phenoxy) is 2. The zero-order valence-corrected chi connectivity index (χ0v) is 24.1. The number of aromatic amines is 1. The minimum Gasteiger partial charge on any atom is -0.493 e. The maximum atomic E-state index is 5.58. The van der Waals surface area contributed by atoms with Crippen LogP contribution in [0.25, 0.3) is 22.2 Å². The van der Waals surface area contributed by atoms with Crippen molar-refractivity contribution in [2.45, 2.75) is 64.3 Å². The van der Waals surface area contributed by atoms with E-state index < -0.39 is 0 Å². The quantitative estimate of drug-likeness (QED) is 0.306. The first-order valence-electron chi connectivity index (χ1n) is 14.0. The van der Waals surface area contributed by atoms with Gasteiger partial charge in [0.05, 0.1) is 19.9 Å². The van der Waals surface area contributed by atoms with Crippen molar-refractivity contribution in [3.05, 3.63) is 47.5 Å². The van der Waals surface area contributed by atoms with E-state index in [-0.39, 0.29) is 0 Å². The largest absolute Gasteiger partial charge is 0.493 e. The second kappa shape index (κ2) is 12.4. The zero-order valence-electron chi connectivity index (χ0n) is 24.1. The van der Waals surface area contributed by atoms with Gasteiger partial charge in [-0.25, -0.2) is 0 Å². The lowest BCUT2D eigenvalue weighted by Crippen LogP contribution is -2.37. The maximum Gasteiger partial charge on any atom is 0.161 e. The highest BCUT2D eigenvalue weighted by atomic mass is 16.5. The van der Waals surface area contributed by atoms with Crippen molar-refractivity contribution in [2.75, 3.05) is 48.5 Å². The van der Waals surface area contributed by atoms with Crippen molar-refractivity contribution < 1.29 is 9.47 Å². The molecule has 0 atom stereocenters. The van der Waals surface area contributed by atoms with Gasteiger partial charge in [-0.15, -0.1) is 0 Å². The number of hydrogen-bond donors (Lipinski definition) is 1. The first-order chi connectivity index (χ1) is 17.8. The smallest absolute Gasteiger partial charge is 0.161 e. The fourth-order valence-electron chi connectivity index (χ4n) is 6.15. The number of nitrogens with one attached hydrogen (secondary N) is 1. The van der Waals surface area contributed by atoms with Crippen LogP contribution >= 0.6 is 0 Å². The second-order valence-corrected chi connectivity index (χ2v) is 11.5. The Morgan fingerprint density at radius 3 is 2.27 bits per heavy atom. The SMILES string of the molecule is COc1ccc(-c2[nH]c3ccc(CC4CCC(N(C)CCCN(C)C)CC4)cc3c2C(C)C)cc1OC. The van der Waals surface area contributed by atoms with Gasteiger partial charge in [0.1, 0.15) is 0 Å². The van der Waals surface area contributed by atoms with Crippen LogP contribution in [0.15, 0.2) is 36.4 Å². The number of hydrogen-bond acceptors (Lipinski definition) is 4. The molecule has 4 rings (SSSR count). The molecule has 0 radical (unpaired) electrons. The number of rotatable bonds is 11. The topological polar surface area (TPSA) is 40.7 Å². The molecule has 5 heteroatoms. The number of methoxy groups -OCH3 is 2. The van der Waals surface area contributed by atoms with E-state index in [4.69, 9.17) is 9.47 Å². The predicted molar refractivity (Wildman–Crippen MR) is 156 cm³/mol. The summed E-state index contributed by atoms with van der Waals surface area (Å²) < 4.78 is 11.0. The summed E-state index contributed by atoms with van der Waals surface area (Å²) in [5.74, 6) is 2.71. The third-order valence-electron chi connectivity index (χ3n) is 8.23. The van der Waals surface area contributed by atoms with Gasteiger partial charge in [-0.05, 0) is 126 Å². The molecule has 0 spiro atoms. The molecule has 1 fully saturated rings. The summed E-state index contributed by atoms with van der Waals surface area (Å²) in [6, 6.07) is 14.0. The third kappa shape index (κ3) is 6.50. The summed E-state index contributed by atoms with van der Waals surface area (Å²) in [7, 11) is 10.0. The van der Waals surface area contributed by atoms with Gasteiger partial charge in [0, 0.05) is 22.5 Å². The summed E-state index contributed by atoms with van der Waals surface area (Å²) in [6.07, 6.45) is 7.76. The molecule has 1 saturated carbocycles. The van der Waals surface area contributed by atoms with E-state index in [0.717, 1.165) is 29.0 Å². The Hall–Kier alpha value is -2.50. The Morgan fingerprint density at radius 2 is 1.62 bits per heavy atom. The molecule has 1 aliphatic rings. The molecule has 0 amide bonds. The number of benzene rings is 2. The molecule has 3 aromatic rings. The molecule has 1 heterocycles. The van der Waals surface area contributed by atoms with E-state index in [1.807, 2.05) is 6.07 Å². The molecule has 0 saturated heterocycles. The van der Waals surface area contributed by atoms with E-state index in [9.17, 15) is 0 Å². The lowest BCUT2D eigenvalue weighted by Gasteiger charge is -2.35. The summed E-state index contributed by atoms with van der Waals surface area (Å²) in [4.78, 5) is 8.61. The van der Waals surface area contributed by atoms with Crippen molar-refractivity contribution in [3.63, 3.8) is 0 Å². The predicted octanol–water partition coefficient (Wildman–Crippen LogP) is 6.96. The van der Waals surface area contributed by atoms with Crippen molar-refractivity contribution in [1.29, 1.82) is 0 Å². The molecule has 1 aromatic heterocycles. The third-order valence-corrected chi connectivity index (χ3v) is 8.23. The van der Waals surface area contributed by atoms with Crippen LogP contribution in [0.1, 0.15) is 63.0 Å². The number of nitrogens with zero attached hydrogens (tertiary/aromatic N) is 2. The van der Waals surface area contributed by atoms with Crippen LogP contribution < -0.4 is 9.47 Å². The van der Waals surface area contributed by atoms with Gasteiger partial charge in [-0.2, -0.15) is 0 Å². The summed E-state index contributed by atoms with van der Waals surface area (Å²) >= 11 is 0. The standard InChI is InChI=1S/C32H47N3O2/c1-22(2)31-27-20-24(19-23-9-13-26(14-10-23)35(5)18-8-17-34(3)4)11-15-28(27)33-32(31)25-12-16-29(36-6)30(21-25)37-7/h11-12,15-16,20-23,26,33H,8-10,13-14,17-19H2,1-7H3. The van der Waals surface area contributed by atoms with Crippen LogP contribution in [0.2, 0.25) is 0 Å². The highest BCUT2D eigenvalue weighted by Crippen LogP contribution is 2.39. The van der Waals surface area contributed by atoms with E-state index in [0.29, 0.717) is 5.92 Å². The van der Waals surface area contributed by atoms with Gasteiger partial charge in [-0.3, -0.25) is 0 Å². The van der Waals surface area contributed by atoms with Crippen LogP contribution in [0.3, 0.4) is 0 Å². The van der Waals surface area contributed by atoms with Gasteiger partial charge in [0.15, 0.2) is 11.5 Å². The van der Waals surface area contributed by atoms with Gasteiger partial charge in [0.2, 0.25) is 0 Å². The van der Waals surface area contributed by atoms with Crippen LogP contribution in [-0.4, -0.2) is 69.3 Å². The Bertz CT molecular complexity index is 1160. The van der Waals surface area contributed by atoms with E-state index >= 15 is 0 Å². The molecular weight excluding hydrogens is 458 g/mol. The molecule has 5 nitrogen and oxygen atoms in total. The maximum absolute atomic E-state index is 5.58. The Balaban J connectivity index is 1.48. The molecular formula is C32H47N3O2. The fourth-order valence-corrected chi connectivity index (χ4v) is 6.15. The van der Waals surface area contributed by atoms with Gasteiger partial charge in [0.25, 0.3) is 0 Å². The van der Waals surface area contributed by atoms with Crippen LogP contribution in [-0.2, 0) is 6.42 Å². The molecule has 2 aromatic carbocycles. The van der Waals surface area contributed by atoms with E-state index in [2.05, 4.69) is 80.1 Å². The van der Waals surface area contributed by atoms with Crippen LogP contribution in [0, 0.1) is 5.92 Å². The average Bonchev–Trinajstić information content (AvgIpc) is 3.27. The van der Waals surface area contributed by atoms with E-state index in [1.165, 1.54) is 79.3 Å². The minimum atomic E-state index is 0.408. The highest BCUT2D eigenvalue weighted by molar-refractivity contribution is 5.92. The Morgan fingerprint density at radius 1 is 0.892 bits per heavy atom. The van der Waals surface area contributed by atoms with Gasteiger partial charge in [-0.1, -0.05) is 19.9 Å². The normalized spacial score (nSPS) is 18.3. The first-order valence-corrected chi connectivity index (χ1v) is 14.0. The molecule has 1 N–H and O–H groups in total. The number of fused-ring (bicyclic) bond motifs is 1. The monoisotopic (exact) mass is 505 g/mol. The van der Waals surface area contributed by atoms with Crippen molar-refractivity contribution >= 4 is 10.9 Å². The molecule has 202 valence electrons. The Labute approximate surface area is 224 Å². The minimum absolute atomic E-state index is 0.408. The first kappa shape index (κ1) is 27.5. The van der Waals surface area contributed by atoms with Gasteiger partial charge < -0.3 is 24.3 Å². The summed E-state index contributed by atoms with van der Waals surface area (Å²) in [5, 5.41) is 1.35. The Kier molecular flexibility index (Phi) is 9.20.